The molecule has 152 valence electrons. The van der Waals surface area contributed by atoms with Gasteiger partial charge in [-0.2, -0.15) is 0 Å². The van der Waals surface area contributed by atoms with Crippen molar-refractivity contribution >= 4 is 23.2 Å². The van der Waals surface area contributed by atoms with E-state index in [1.54, 1.807) is 21.9 Å². The zero-order valence-electron chi connectivity index (χ0n) is 16.8. The molecule has 28 heavy (non-hydrogen) atoms. The van der Waals surface area contributed by atoms with Gasteiger partial charge in [-0.3, -0.25) is 19.7 Å². The van der Waals surface area contributed by atoms with Crippen molar-refractivity contribution in [3.63, 3.8) is 0 Å². The number of nitrogens with zero attached hydrogens (tertiary/aromatic N) is 4. The Hall–Kier alpha value is -2.64. The second kappa shape index (κ2) is 7.77. The van der Waals surface area contributed by atoms with E-state index in [4.69, 9.17) is 0 Å². The van der Waals surface area contributed by atoms with E-state index in [0.717, 1.165) is 25.9 Å². The molecule has 0 N–H and O–H groups in total. The van der Waals surface area contributed by atoms with Crippen LogP contribution in [0.5, 0.6) is 0 Å². The lowest BCUT2D eigenvalue weighted by Crippen LogP contribution is -2.53. The van der Waals surface area contributed by atoms with E-state index < -0.39 is 10.3 Å². The molecule has 8 heteroatoms. The summed E-state index contributed by atoms with van der Waals surface area (Å²) < 4.78 is 0. The number of carbonyl (C=O) groups excluding carboxylic acids is 2. The molecule has 2 amide bonds. The number of rotatable bonds is 3. The summed E-state index contributed by atoms with van der Waals surface area (Å²) in [5, 5.41) is 11.6. The van der Waals surface area contributed by atoms with Crippen LogP contribution in [-0.2, 0) is 4.79 Å². The number of benzene rings is 1. The predicted octanol–water partition coefficient (Wildman–Crippen LogP) is 2.53. The summed E-state index contributed by atoms with van der Waals surface area (Å²) >= 11 is 0. The predicted molar refractivity (Wildman–Crippen MR) is 106 cm³/mol. The van der Waals surface area contributed by atoms with Crippen molar-refractivity contribution < 1.29 is 14.5 Å². The minimum absolute atomic E-state index is 0.0192. The van der Waals surface area contributed by atoms with Crippen molar-refractivity contribution in [3.05, 3.63) is 33.9 Å². The van der Waals surface area contributed by atoms with Gasteiger partial charge in [-0.05, 0) is 25.0 Å². The van der Waals surface area contributed by atoms with Crippen molar-refractivity contribution in [2.75, 3.05) is 44.2 Å². The summed E-state index contributed by atoms with van der Waals surface area (Å²) in [6, 6.07) is 4.76. The van der Waals surface area contributed by atoms with E-state index in [1.807, 2.05) is 25.7 Å². The molecule has 0 unspecified atom stereocenters. The first-order valence-electron chi connectivity index (χ1n) is 9.80. The number of hydrogen-bond acceptors (Lipinski definition) is 5. The Morgan fingerprint density at radius 1 is 0.964 bits per heavy atom. The van der Waals surface area contributed by atoms with Gasteiger partial charge in [0.05, 0.1) is 4.92 Å². The van der Waals surface area contributed by atoms with Crippen LogP contribution in [-0.4, -0.2) is 65.8 Å². The average Bonchev–Trinajstić information content (AvgIpc) is 3.20. The van der Waals surface area contributed by atoms with Crippen LogP contribution in [0.1, 0.15) is 44.0 Å². The number of carbonyl (C=O) groups is 2. The monoisotopic (exact) mass is 388 g/mol. The van der Waals surface area contributed by atoms with Crippen LogP contribution in [0, 0.1) is 15.5 Å². The Balaban J connectivity index is 1.72. The molecule has 0 radical (unpaired) electrons. The summed E-state index contributed by atoms with van der Waals surface area (Å²) in [5.41, 5.74) is 0.442. The van der Waals surface area contributed by atoms with Gasteiger partial charge in [-0.15, -0.1) is 0 Å². The molecule has 0 bridgehead atoms. The molecule has 2 heterocycles. The van der Waals surface area contributed by atoms with Gasteiger partial charge in [0.2, 0.25) is 5.91 Å². The first-order valence-corrected chi connectivity index (χ1v) is 9.80. The molecule has 0 aromatic heterocycles. The zero-order valence-corrected chi connectivity index (χ0v) is 16.8. The lowest BCUT2D eigenvalue weighted by atomic mass is 9.94. The fraction of sp³-hybridized carbons (Fsp3) is 0.600. The summed E-state index contributed by atoms with van der Waals surface area (Å²) in [6.45, 7) is 9.09. The second-order valence-electron chi connectivity index (χ2n) is 8.49. The van der Waals surface area contributed by atoms with Crippen molar-refractivity contribution in [2.45, 2.75) is 33.6 Å². The highest BCUT2D eigenvalue weighted by atomic mass is 16.6. The third-order valence-corrected chi connectivity index (χ3v) is 5.36. The second-order valence-corrected chi connectivity index (χ2v) is 8.49. The molecule has 1 aromatic carbocycles. The molecular weight excluding hydrogens is 360 g/mol. The summed E-state index contributed by atoms with van der Waals surface area (Å²) in [6.07, 6.45) is 2.05. The SMILES string of the molecule is CC(C)(C)C(=O)N1CCN(C(=O)c2ccc(N3CCCC3)c([N+](=O)[O-])c2)CC1. The smallest absolute Gasteiger partial charge is 0.293 e. The molecule has 8 nitrogen and oxygen atoms in total. The van der Waals surface area contributed by atoms with Gasteiger partial charge in [0.25, 0.3) is 11.6 Å². The van der Waals surface area contributed by atoms with Crippen LogP contribution in [0.25, 0.3) is 0 Å². The van der Waals surface area contributed by atoms with Gasteiger partial charge in [0, 0.05) is 56.3 Å². The Bertz CT molecular complexity index is 773. The molecule has 0 spiro atoms. The summed E-state index contributed by atoms with van der Waals surface area (Å²) in [7, 11) is 0. The molecule has 2 aliphatic heterocycles. The van der Waals surface area contributed by atoms with Gasteiger partial charge in [-0.25, -0.2) is 0 Å². The largest absolute Gasteiger partial charge is 0.366 e. The van der Waals surface area contributed by atoms with E-state index in [2.05, 4.69) is 0 Å². The number of nitro benzene ring substituents is 1. The zero-order chi connectivity index (χ0) is 20.5. The highest BCUT2D eigenvalue weighted by Crippen LogP contribution is 2.32. The van der Waals surface area contributed by atoms with Crippen molar-refractivity contribution in [2.24, 2.45) is 5.41 Å². The first kappa shape index (κ1) is 20.1. The molecule has 0 saturated carbocycles. The van der Waals surface area contributed by atoms with Crippen molar-refractivity contribution in [1.82, 2.24) is 9.80 Å². The maximum absolute atomic E-state index is 12.9. The van der Waals surface area contributed by atoms with E-state index in [0.29, 0.717) is 37.4 Å². The Kier molecular flexibility index (Phi) is 5.58. The minimum atomic E-state index is -0.446. The van der Waals surface area contributed by atoms with Crippen LogP contribution in [0.3, 0.4) is 0 Å². The molecule has 2 saturated heterocycles. The van der Waals surface area contributed by atoms with Gasteiger partial charge in [0.1, 0.15) is 5.69 Å². The van der Waals surface area contributed by atoms with E-state index in [-0.39, 0.29) is 17.5 Å². The topological polar surface area (TPSA) is 87.0 Å². The molecule has 2 fully saturated rings. The molecule has 3 rings (SSSR count). The fourth-order valence-electron chi connectivity index (χ4n) is 3.80. The number of nitro groups is 1. The lowest BCUT2D eigenvalue weighted by Gasteiger charge is -2.37. The third-order valence-electron chi connectivity index (χ3n) is 5.36. The molecule has 0 aliphatic carbocycles. The maximum Gasteiger partial charge on any atom is 0.293 e. The maximum atomic E-state index is 12.9. The molecule has 0 atom stereocenters. The highest BCUT2D eigenvalue weighted by Gasteiger charge is 2.32. The molecular formula is C20H28N4O4. The number of amides is 2. The summed E-state index contributed by atoms with van der Waals surface area (Å²) in [4.78, 5) is 41.8. The van der Waals surface area contributed by atoms with Crippen LogP contribution >= 0.6 is 0 Å². The highest BCUT2D eigenvalue weighted by molar-refractivity contribution is 5.96. The minimum Gasteiger partial charge on any atom is -0.366 e. The standard InChI is InChI=1S/C20H28N4O4/c1-20(2,3)19(26)23-12-10-22(11-13-23)18(25)15-6-7-16(17(14-15)24(27)28)21-8-4-5-9-21/h6-7,14H,4-5,8-13H2,1-3H3. The van der Waals surface area contributed by atoms with Gasteiger partial charge < -0.3 is 14.7 Å². The molecule has 2 aliphatic rings. The first-order chi connectivity index (χ1) is 13.2. The average molecular weight is 388 g/mol. The Labute approximate surface area is 165 Å². The van der Waals surface area contributed by atoms with E-state index >= 15 is 0 Å². The summed E-state index contributed by atoms with van der Waals surface area (Å²) in [5.74, 6) is -0.149. The van der Waals surface area contributed by atoms with Crippen LogP contribution in [0.15, 0.2) is 18.2 Å². The van der Waals surface area contributed by atoms with Crippen LogP contribution in [0.2, 0.25) is 0 Å². The quantitative estimate of drug-likeness (QED) is 0.587. The third kappa shape index (κ3) is 4.10. The van der Waals surface area contributed by atoms with E-state index in [1.165, 1.54) is 6.07 Å². The van der Waals surface area contributed by atoms with Crippen LogP contribution in [0.4, 0.5) is 11.4 Å². The molecule has 1 aromatic rings. The Morgan fingerprint density at radius 3 is 2.07 bits per heavy atom. The van der Waals surface area contributed by atoms with E-state index in [9.17, 15) is 19.7 Å². The fourth-order valence-corrected chi connectivity index (χ4v) is 3.80. The van der Waals surface area contributed by atoms with Gasteiger partial charge in [0.15, 0.2) is 0 Å². The Morgan fingerprint density at radius 2 is 1.54 bits per heavy atom. The number of anilines is 1. The lowest BCUT2D eigenvalue weighted by molar-refractivity contribution is -0.384. The van der Waals surface area contributed by atoms with Crippen LogP contribution < -0.4 is 4.90 Å². The van der Waals surface area contributed by atoms with Gasteiger partial charge >= 0.3 is 0 Å². The number of hydrogen-bond donors (Lipinski definition) is 0. The van der Waals surface area contributed by atoms with Crippen molar-refractivity contribution in [1.29, 1.82) is 0 Å². The van der Waals surface area contributed by atoms with Crippen molar-refractivity contribution in [3.8, 4) is 0 Å². The van der Waals surface area contributed by atoms with Gasteiger partial charge in [-0.1, -0.05) is 20.8 Å². The normalized spacial score (nSPS) is 17.8. The number of piperazine rings is 1.